The summed E-state index contributed by atoms with van der Waals surface area (Å²) in [6.07, 6.45) is 0. The number of quaternary nitrogens is 1. The fraction of sp³-hybridized carbons (Fsp3) is 0.467. The number of fused-ring (bicyclic) bond motifs is 1. The van der Waals surface area contributed by atoms with Crippen LogP contribution in [0.5, 0.6) is 0 Å². The Labute approximate surface area is 127 Å². The number of ether oxygens (including phenoxy) is 1. The van der Waals surface area contributed by atoms with E-state index in [0.717, 1.165) is 5.56 Å². The minimum atomic E-state index is -0.526. The maximum atomic E-state index is 12.4. The van der Waals surface area contributed by atoms with Gasteiger partial charge in [0.2, 0.25) is 0 Å². The Morgan fingerprint density at radius 2 is 2.05 bits per heavy atom. The number of rotatable bonds is 3. The van der Waals surface area contributed by atoms with Gasteiger partial charge in [-0.1, -0.05) is 30.3 Å². The zero-order valence-electron chi connectivity index (χ0n) is 12.1. The zero-order chi connectivity index (χ0) is 15.2. The molecule has 2 heterocycles. The topological polar surface area (TPSA) is 74.3 Å². The highest BCUT2D eigenvalue weighted by molar-refractivity contribution is 8.01. The van der Waals surface area contributed by atoms with Gasteiger partial charge in [-0.2, -0.15) is 0 Å². The van der Waals surface area contributed by atoms with E-state index in [-0.39, 0.29) is 34.6 Å². The molecule has 0 radical (unpaired) electrons. The molecule has 1 unspecified atom stereocenters. The molecule has 3 rings (SSSR count). The smallest absolute Gasteiger partial charge is 0.330 e. The van der Waals surface area contributed by atoms with Gasteiger partial charge in [-0.05, 0) is 19.4 Å². The molecule has 6 heteroatoms. The van der Waals surface area contributed by atoms with Gasteiger partial charge in [0.1, 0.15) is 18.0 Å². The number of nitrogens with zero attached hydrogens (tertiary/aromatic N) is 1. The van der Waals surface area contributed by atoms with Crippen LogP contribution in [0.15, 0.2) is 30.3 Å². The molecule has 2 aliphatic heterocycles. The van der Waals surface area contributed by atoms with Crippen molar-refractivity contribution in [3.63, 3.8) is 0 Å². The Balaban J connectivity index is 1.70. The minimum Gasteiger partial charge on any atom is -0.459 e. The fourth-order valence-corrected chi connectivity index (χ4v) is 4.46. The molecule has 2 saturated heterocycles. The lowest BCUT2D eigenvalue weighted by Gasteiger charge is -2.39. The molecule has 5 nitrogen and oxygen atoms in total. The monoisotopic (exact) mass is 307 g/mol. The van der Waals surface area contributed by atoms with Crippen LogP contribution in [0, 0.1) is 0 Å². The summed E-state index contributed by atoms with van der Waals surface area (Å²) in [6.45, 7) is 4.19. The van der Waals surface area contributed by atoms with Gasteiger partial charge < -0.3 is 15.4 Å². The first-order chi connectivity index (χ1) is 9.92. The highest BCUT2D eigenvalue weighted by Crippen LogP contribution is 2.50. The predicted molar refractivity (Wildman–Crippen MR) is 79.0 cm³/mol. The summed E-state index contributed by atoms with van der Waals surface area (Å²) in [4.78, 5) is 26.0. The molecule has 1 aromatic rings. The summed E-state index contributed by atoms with van der Waals surface area (Å²) in [6, 6.07) is 8.76. The van der Waals surface area contributed by atoms with Gasteiger partial charge in [0.05, 0.1) is 0 Å². The van der Waals surface area contributed by atoms with E-state index in [1.165, 1.54) is 0 Å². The van der Waals surface area contributed by atoms with Crippen LogP contribution < -0.4 is 5.73 Å². The molecule has 0 aromatic heterocycles. The first kappa shape index (κ1) is 14.4. The van der Waals surface area contributed by atoms with E-state index in [4.69, 9.17) is 4.74 Å². The molecule has 0 spiro atoms. The average Bonchev–Trinajstić information content (AvgIpc) is 2.74. The third-order valence-corrected chi connectivity index (χ3v) is 5.63. The van der Waals surface area contributed by atoms with Crippen LogP contribution in [0.2, 0.25) is 0 Å². The van der Waals surface area contributed by atoms with Gasteiger partial charge in [-0.3, -0.25) is 4.79 Å². The molecule has 0 saturated carbocycles. The van der Waals surface area contributed by atoms with Crippen molar-refractivity contribution in [3.05, 3.63) is 35.9 Å². The molecule has 2 fully saturated rings. The van der Waals surface area contributed by atoms with Gasteiger partial charge in [0.25, 0.3) is 5.91 Å². The number of β-lactam (4-membered cyclic amide) rings is 1. The van der Waals surface area contributed by atoms with Gasteiger partial charge in [-0.15, -0.1) is 11.8 Å². The second kappa shape index (κ2) is 5.03. The third kappa shape index (κ3) is 2.32. The Bertz CT molecular complexity index is 576. The Morgan fingerprint density at radius 3 is 2.71 bits per heavy atom. The normalized spacial score (nSPS) is 29.8. The standard InChI is InChI=1S/C15H18N2O3S/c1-15(2)11(17-12(18)10(16)13(17)21-15)14(19)20-8-9-6-4-3-5-7-9/h3-7,10-11,13H,8,16H2,1-2H3/p+1/t10-,11+,13?/m1/s1. The number of thioether (sulfide) groups is 1. The van der Waals surface area contributed by atoms with E-state index in [1.54, 1.807) is 16.7 Å². The van der Waals surface area contributed by atoms with Crippen LogP contribution in [0.3, 0.4) is 0 Å². The van der Waals surface area contributed by atoms with E-state index in [1.807, 2.05) is 44.2 Å². The maximum absolute atomic E-state index is 12.4. The fourth-order valence-electron chi connectivity index (χ4n) is 2.88. The third-order valence-electron chi connectivity index (χ3n) is 4.00. The predicted octanol–water partition coefficient (Wildman–Crippen LogP) is 0.403. The van der Waals surface area contributed by atoms with E-state index < -0.39 is 6.04 Å². The van der Waals surface area contributed by atoms with E-state index in [0.29, 0.717) is 0 Å². The van der Waals surface area contributed by atoms with Crippen LogP contribution in [0.1, 0.15) is 19.4 Å². The van der Waals surface area contributed by atoms with Crippen LogP contribution in [-0.2, 0) is 20.9 Å². The van der Waals surface area contributed by atoms with Crippen molar-refractivity contribution in [1.29, 1.82) is 0 Å². The molecule has 3 atom stereocenters. The molecule has 1 aromatic carbocycles. The van der Waals surface area contributed by atoms with Crippen molar-refractivity contribution in [2.75, 3.05) is 0 Å². The molecule has 0 aliphatic carbocycles. The van der Waals surface area contributed by atoms with Crippen molar-refractivity contribution in [2.45, 2.75) is 42.7 Å². The lowest BCUT2D eigenvalue weighted by Crippen LogP contribution is -2.83. The van der Waals surface area contributed by atoms with Crippen molar-refractivity contribution in [2.24, 2.45) is 0 Å². The molecular weight excluding hydrogens is 288 g/mol. The minimum absolute atomic E-state index is 0.00164. The van der Waals surface area contributed by atoms with Crippen molar-refractivity contribution in [3.8, 4) is 0 Å². The second-order valence-corrected chi connectivity index (χ2v) is 7.73. The number of hydrogen-bond acceptors (Lipinski definition) is 4. The molecule has 3 N–H and O–H groups in total. The van der Waals surface area contributed by atoms with E-state index in [2.05, 4.69) is 5.73 Å². The van der Waals surface area contributed by atoms with Crippen molar-refractivity contribution < 1.29 is 20.1 Å². The Kier molecular flexibility index (Phi) is 3.45. The summed E-state index contributed by atoms with van der Waals surface area (Å²) in [5, 5.41) is 0.00164. The summed E-state index contributed by atoms with van der Waals surface area (Å²) in [7, 11) is 0. The van der Waals surface area contributed by atoms with Gasteiger partial charge in [-0.25, -0.2) is 4.79 Å². The summed E-state index contributed by atoms with van der Waals surface area (Å²) >= 11 is 1.63. The number of carbonyl (C=O) groups is 2. The highest BCUT2D eigenvalue weighted by Gasteiger charge is 2.65. The van der Waals surface area contributed by atoms with Gasteiger partial charge in [0.15, 0.2) is 6.04 Å². The Morgan fingerprint density at radius 1 is 1.38 bits per heavy atom. The average molecular weight is 307 g/mol. The van der Waals surface area contributed by atoms with E-state index >= 15 is 0 Å². The summed E-state index contributed by atoms with van der Waals surface area (Å²) < 4.78 is 5.07. The Hall–Kier alpha value is -1.53. The summed E-state index contributed by atoms with van der Waals surface area (Å²) in [5.74, 6) is -0.390. The molecule has 2 aliphatic rings. The largest absolute Gasteiger partial charge is 0.459 e. The van der Waals surface area contributed by atoms with Crippen LogP contribution in [-0.4, -0.2) is 39.0 Å². The maximum Gasteiger partial charge on any atom is 0.330 e. The SMILES string of the molecule is CC1(C)SC2[C@H]([NH3+])C(=O)N2[C@H]1C(=O)OCc1ccccc1. The molecule has 1 amide bonds. The lowest BCUT2D eigenvalue weighted by molar-refractivity contribution is -0.425. The quantitative estimate of drug-likeness (QED) is 0.648. The van der Waals surface area contributed by atoms with E-state index in [9.17, 15) is 9.59 Å². The van der Waals surface area contributed by atoms with Crippen molar-refractivity contribution in [1.82, 2.24) is 4.90 Å². The molecule has 112 valence electrons. The van der Waals surface area contributed by atoms with Gasteiger partial charge >= 0.3 is 5.97 Å². The number of esters is 1. The first-order valence-electron chi connectivity index (χ1n) is 6.95. The number of hydrogen-bond donors (Lipinski definition) is 1. The van der Waals surface area contributed by atoms with Gasteiger partial charge in [0, 0.05) is 4.75 Å². The number of benzene rings is 1. The lowest BCUT2D eigenvalue weighted by atomic mass is 9.96. The van der Waals surface area contributed by atoms with Crippen molar-refractivity contribution >= 4 is 23.6 Å². The van der Waals surface area contributed by atoms with Crippen LogP contribution in [0.4, 0.5) is 0 Å². The molecular formula is C15H19N2O3S+. The number of amides is 1. The number of carbonyl (C=O) groups excluding carboxylic acids is 2. The van der Waals surface area contributed by atoms with Crippen LogP contribution >= 0.6 is 11.8 Å². The zero-order valence-corrected chi connectivity index (χ0v) is 12.9. The molecule has 21 heavy (non-hydrogen) atoms. The van der Waals surface area contributed by atoms with Crippen LogP contribution in [0.25, 0.3) is 0 Å². The second-order valence-electron chi connectivity index (χ2n) is 5.96. The highest BCUT2D eigenvalue weighted by atomic mass is 32.2. The molecule has 0 bridgehead atoms. The summed E-state index contributed by atoms with van der Waals surface area (Å²) in [5.41, 5.74) is 4.80. The first-order valence-corrected chi connectivity index (χ1v) is 7.83.